The second-order valence-corrected chi connectivity index (χ2v) is 9.57. The number of allylic oxidation sites excluding steroid dienone is 2. The number of nitrogens with zero attached hydrogens (tertiary/aromatic N) is 7. The lowest BCUT2D eigenvalue weighted by molar-refractivity contribution is 0.00757. The van der Waals surface area contributed by atoms with E-state index in [1.807, 2.05) is 46.9 Å². The predicted octanol–water partition coefficient (Wildman–Crippen LogP) is 2.08. The minimum atomic E-state index is 0.552. The Morgan fingerprint density at radius 2 is 2.06 bits per heavy atom. The predicted molar refractivity (Wildman–Crippen MR) is 135 cm³/mol. The quantitative estimate of drug-likeness (QED) is 0.409. The highest BCUT2D eigenvalue weighted by Gasteiger charge is 2.45. The Balaban J connectivity index is 1.12. The Bertz CT molecular complexity index is 1480. The molecule has 0 aliphatic carbocycles. The fourth-order valence-corrected chi connectivity index (χ4v) is 5.68. The van der Waals surface area contributed by atoms with E-state index in [1.54, 1.807) is 7.11 Å². The monoisotopic (exact) mass is 487 g/mol. The molecule has 4 aromatic rings. The largest absolute Gasteiger partial charge is 0.492 e. The summed E-state index contributed by atoms with van der Waals surface area (Å²) in [4.78, 5) is 5.04. The first-order valence-corrected chi connectivity index (χ1v) is 12.4. The van der Waals surface area contributed by atoms with Gasteiger partial charge in [0.05, 0.1) is 37.2 Å². The summed E-state index contributed by atoms with van der Waals surface area (Å²) >= 11 is 0. The number of piperazine rings is 1. The fourth-order valence-electron chi connectivity index (χ4n) is 5.68. The van der Waals surface area contributed by atoms with E-state index in [-0.39, 0.29) is 0 Å². The van der Waals surface area contributed by atoms with Crippen LogP contribution in [0.5, 0.6) is 5.75 Å². The van der Waals surface area contributed by atoms with Crippen molar-refractivity contribution in [3.05, 3.63) is 54.3 Å². The number of pyridine rings is 1. The topological polar surface area (TPSA) is 101 Å². The third-order valence-electron chi connectivity index (χ3n) is 7.45. The number of H-pyrrole nitrogens is 1. The zero-order chi connectivity index (χ0) is 24.2. The number of anilines is 1. The van der Waals surface area contributed by atoms with E-state index in [1.165, 1.54) is 12.0 Å². The number of piperidine rings is 1. The maximum absolute atomic E-state index is 5.81. The highest BCUT2D eigenvalue weighted by atomic mass is 16.5. The summed E-state index contributed by atoms with van der Waals surface area (Å²) in [6, 6.07) is 5.23. The smallest absolute Gasteiger partial charge is 0.186 e. The molecule has 3 fully saturated rings. The number of ether oxygens (including phenoxy) is 2. The molecule has 36 heavy (non-hydrogen) atoms. The number of hydrogen-bond donors (Lipinski definition) is 2. The van der Waals surface area contributed by atoms with Crippen LogP contribution in [0, 0.1) is 0 Å². The van der Waals surface area contributed by atoms with Gasteiger partial charge in [-0.25, -0.2) is 9.20 Å². The zero-order valence-corrected chi connectivity index (χ0v) is 20.4. The number of aromatic amines is 1. The van der Waals surface area contributed by atoms with Crippen LogP contribution in [0.15, 0.2) is 54.3 Å². The zero-order valence-electron chi connectivity index (χ0n) is 20.4. The maximum Gasteiger partial charge on any atom is 0.186 e. The van der Waals surface area contributed by atoms with Gasteiger partial charge in [0.1, 0.15) is 11.3 Å². The molecule has 11 nitrogen and oxygen atoms in total. The second kappa shape index (κ2) is 8.30. The van der Waals surface area contributed by atoms with Gasteiger partial charge in [0.15, 0.2) is 17.3 Å². The Kier molecular flexibility index (Phi) is 4.91. The SMILES string of the molecule is CCOc1cc(-n2ccc(N3CC4CC(C3)N4CC3=CC=C(OC)NC3)n2)c2c3cn[nH]c3nn2c1. The molecule has 0 spiro atoms. The number of rotatable bonds is 7. The molecule has 0 radical (unpaired) electrons. The van der Waals surface area contributed by atoms with Gasteiger partial charge in [-0.15, -0.1) is 5.10 Å². The molecule has 4 aliphatic heterocycles. The molecule has 0 saturated carbocycles. The van der Waals surface area contributed by atoms with Crippen LogP contribution in [0.4, 0.5) is 5.82 Å². The molecule has 4 aliphatic rings. The van der Waals surface area contributed by atoms with Gasteiger partial charge < -0.3 is 19.7 Å². The van der Waals surface area contributed by atoms with Crippen LogP contribution in [0.1, 0.15) is 13.3 Å². The first-order chi connectivity index (χ1) is 17.7. The molecule has 8 rings (SSSR count). The van der Waals surface area contributed by atoms with Crippen LogP contribution in [0.3, 0.4) is 0 Å². The van der Waals surface area contributed by atoms with Gasteiger partial charge in [-0.2, -0.15) is 10.2 Å². The van der Waals surface area contributed by atoms with Crippen LogP contribution in [-0.2, 0) is 4.74 Å². The van der Waals surface area contributed by atoms with Crippen molar-refractivity contribution in [3.63, 3.8) is 0 Å². The molecule has 2 atom stereocenters. The fraction of sp³-hybridized carbons (Fsp3) is 0.400. The van der Waals surface area contributed by atoms with Gasteiger partial charge in [0, 0.05) is 56.6 Å². The van der Waals surface area contributed by atoms with Crippen LogP contribution < -0.4 is 15.0 Å². The van der Waals surface area contributed by atoms with Gasteiger partial charge in [-0.1, -0.05) is 6.08 Å². The third-order valence-corrected chi connectivity index (χ3v) is 7.45. The Morgan fingerprint density at radius 1 is 1.17 bits per heavy atom. The van der Waals surface area contributed by atoms with Crippen LogP contribution >= 0.6 is 0 Å². The highest BCUT2D eigenvalue weighted by molar-refractivity contribution is 5.96. The lowest BCUT2D eigenvalue weighted by atomic mass is 9.86. The van der Waals surface area contributed by atoms with Crippen LogP contribution in [0.25, 0.3) is 22.2 Å². The molecular weight excluding hydrogens is 458 g/mol. The number of nitrogens with one attached hydrogen (secondary N) is 2. The lowest BCUT2D eigenvalue weighted by Gasteiger charge is -2.56. The molecule has 4 aromatic heterocycles. The Labute approximate surface area is 207 Å². The highest BCUT2D eigenvalue weighted by Crippen LogP contribution is 2.35. The van der Waals surface area contributed by atoms with Crippen molar-refractivity contribution in [2.45, 2.75) is 25.4 Å². The van der Waals surface area contributed by atoms with Crippen molar-refractivity contribution in [2.24, 2.45) is 0 Å². The van der Waals surface area contributed by atoms with Crippen LogP contribution in [-0.4, -0.2) is 86.5 Å². The first-order valence-electron chi connectivity index (χ1n) is 12.4. The van der Waals surface area contributed by atoms with Crippen molar-refractivity contribution < 1.29 is 9.47 Å². The van der Waals surface area contributed by atoms with Crippen molar-refractivity contribution in [2.75, 3.05) is 44.8 Å². The Morgan fingerprint density at radius 3 is 2.83 bits per heavy atom. The maximum atomic E-state index is 5.81. The summed E-state index contributed by atoms with van der Waals surface area (Å²) in [6.45, 7) is 6.38. The summed E-state index contributed by atoms with van der Waals surface area (Å²) in [7, 11) is 1.69. The van der Waals surface area contributed by atoms with E-state index >= 15 is 0 Å². The lowest BCUT2D eigenvalue weighted by Crippen LogP contribution is -2.69. The van der Waals surface area contributed by atoms with Gasteiger partial charge in [-0.3, -0.25) is 10.00 Å². The molecule has 2 bridgehead atoms. The van der Waals surface area contributed by atoms with E-state index in [0.717, 1.165) is 65.9 Å². The van der Waals surface area contributed by atoms with Crippen molar-refractivity contribution in [1.82, 2.24) is 39.8 Å². The third kappa shape index (κ3) is 3.41. The minimum absolute atomic E-state index is 0.552. The normalized spacial score (nSPS) is 21.8. The number of hydrogen-bond acceptors (Lipinski definition) is 8. The minimum Gasteiger partial charge on any atom is -0.492 e. The molecule has 11 heteroatoms. The van der Waals surface area contributed by atoms with E-state index in [4.69, 9.17) is 14.6 Å². The van der Waals surface area contributed by atoms with E-state index < -0.39 is 0 Å². The average molecular weight is 488 g/mol. The number of aromatic nitrogens is 6. The van der Waals surface area contributed by atoms with Crippen molar-refractivity contribution >= 4 is 22.4 Å². The number of methoxy groups -OCH3 is 1. The average Bonchev–Trinajstić information content (AvgIpc) is 3.64. The van der Waals surface area contributed by atoms with Crippen molar-refractivity contribution in [3.8, 4) is 11.4 Å². The molecule has 2 N–H and O–H groups in total. The van der Waals surface area contributed by atoms with Gasteiger partial charge in [-0.05, 0) is 25.0 Å². The standard InChI is InChI=1S/C25H29N9O2/c1-3-36-19-9-21(24-20-11-27-28-25(20)30-34(24)15-19)33-7-6-22(29-33)31-13-17-8-18(14-31)32(17)12-16-4-5-23(35-2)26-10-16/h4-7,9,11,15,17-18,26H,3,8,10,12-14H2,1-2H3,(H,28,30). The summed E-state index contributed by atoms with van der Waals surface area (Å²) < 4.78 is 14.9. The van der Waals surface area contributed by atoms with Crippen molar-refractivity contribution in [1.29, 1.82) is 0 Å². The number of fused-ring (bicyclic) bond motifs is 5. The summed E-state index contributed by atoms with van der Waals surface area (Å²) in [6.07, 6.45) is 11.2. The van der Waals surface area contributed by atoms with E-state index in [9.17, 15) is 0 Å². The molecule has 8 heterocycles. The Hall–Kier alpha value is -3.99. The van der Waals surface area contributed by atoms with E-state index in [0.29, 0.717) is 18.7 Å². The van der Waals surface area contributed by atoms with Crippen LogP contribution in [0.2, 0.25) is 0 Å². The van der Waals surface area contributed by atoms with Gasteiger partial charge in [0.2, 0.25) is 0 Å². The second-order valence-electron chi connectivity index (χ2n) is 9.57. The van der Waals surface area contributed by atoms with Gasteiger partial charge >= 0.3 is 0 Å². The molecule has 0 aromatic carbocycles. The summed E-state index contributed by atoms with van der Waals surface area (Å²) in [5, 5.41) is 21.0. The van der Waals surface area contributed by atoms with Gasteiger partial charge in [0.25, 0.3) is 0 Å². The molecule has 2 unspecified atom stereocenters. The number of dihydropyridines is 1. The summed E-state index contributed by atoms with van der Waals surface area (Å²) in [5.41, 5.74) is 4.00. The van der Waals surface area contributed by atoms with E-state index in [2.05, 4.69) is 42.6 Å². The molecule has 3 saturated heterocycles. The molecule has 0 amide bonds. The summed E-state index contributed by atoms with van der Waals surface area (Å²) in [5.74, 6) is 2.58. The first kappa shape index (κ1) is 21.3. The molecular formula is C25H29N9O2. The molecule has 186 valence electrons.